The monoisotopic (exact) mass is 247 g/mol. The zero-order valence-electron chi connectivity index (χ0n) is 10.6. The lowest BCUT2D eigenvalue weighted by Gasteiger charge is -2.12. The number of rotatable bonds is 6. The molecule has 0 radical (unpaired) electrons. The first-order chi connectivity index (χ1) is 8.79. The van der Waals surface area contributed by atoms with Crippen molar-refractivity contribution in [3.8, 4) is 11.4 Å². The largest absolute Gasteiger partial charge is 0.385 e. The van der Waals surface area contributed by atoms with Crippen molar-refractivity contribution < 1.29 is 4.74 Å². The first-order valence-corrected chi connectivity index (χ1v) is 5.86. The highest BCUT2D eigenvalue weighted by molar-refractivity contribution is 5.61. The van der Waals surface area contributed by atoms with Gasteiger partial charge < -0.3 is 10.1 Å². The summed E-state index contributed by atoms with van der Waals surface area (Å²) in [6.07, 6.45) is 0. The molecule has 0 aliphatic rings. The lowest BCUT2D eigenvalue weighted by atomic mass is 10.1. The first kappa shape index (κ1) is 12.5. The normalized spacial score (nSPS) is 12.3. The molecule has 1 aromatic heterocycles. The molecule has 1 heterocycles. The van der Waals surface area contributed by atoms with Gasteiger partial charge in [0.1, 0.15) is 0 Å². The summed E-state index contributed by atoms with van der Waals surface area (Å²) >= 11 is 0. The van der Waals surface area contributed by atoms with E-state index in [-0.39, 0.29) is 0 Å². The van der Waals surface area contributed by atoms with Gasteiger partial charge in [0.15, 0.2) is 0 Å². The second-order valence-electron chi connectivity index (χ2n) is 4.26. The van der Waals surface area contributed by atoms with Crippen molar-refractivity contribution in [3.05, 3.63) is 24.3 Å². The van der Waals surface area contributed by atoms with Crippen molar-refractivity contribution in [1.29, 1.82) is 0 Å². The standard InChI is InChI=1S/C12H17N5O/c1-9(8-18-2)7-13-11-5-3-4-10(6-11)12-14-16-17-15-12/h3-6,9,13H,7-8H2,1-2H3,(H,14,15,16,17). The molecule has 0 spiro atoms. The molecule has 96 valence electrons. The molecular formula is C12H17N5O. The van der Waals surface area contributed by atoms with Gasteiger partial charge >= 0.3 is 0 Å². The zero-order valence-corrected chi connectivity index (χ0v) is 10.6. The minimum atomic E-state index is 0.462. The Labute approximate surface area is 106 Å². The van der Waals surface area contributed by atoms with E-state index in [4.69, 9.17) is 4.74 Å². The van der Waals surface area contributed by atoms with Gasteiger partial charge in [-0.05, 0) is 23.3 Å². The average Bonchev–Trinajstić information content (AvgIpc) is 2.91. The molecule has 1 atom stereocenters. The van der Waals surface area contributed by atoms with Crippen LogP contribution in [-0.4, -0.2) is 40.9 Å². The molecule has 0 saturated heterocycles. The molecule has 0 aliphatic heterocycles. The van der Waals surface area contributed by atoms with E-state index in [0.717, 1.165) is 24.4 Å². The van der Waals surface area contributed by atoms with Gasteiger partial charge in [0, 0.05) is 24.9 Å². The highest BCUT2D eigenvalue weighted by Gasteiger charge is 2.05. The van der Waals surface area contributed by atoms with E-state index in [9.17, 15) is 0 Å². The van der Waals surface area contributed by atoms with E-state index in [2.05, 4.69) is 32.9 Å². The van der Waals surface area contributed by atoms with Crippen molar-refractivity contribution in [2.75, 3.05) is 25.6 Å². The van der Waals surface area contributed by atoms with Crippen molar-refractivity contribution in [1.82, 2.24) is 20.6 Å². The van der Waals surface area contributed by atoms with Crippen LogP contribution >= 0.6 is 0 Å². The molecule has 1 unspecified atom stereocenters. The van der Waals surface area contributed by atoms with Gasteiger partial charge in [-0.1, -0.05) is 19.1 Å². The number of aromatic nitrogens is 4. The molecule has 0 saturated carbocycles. The summed E-state index contributed by atoms with van der Waals surface area (Å²) in [5.74, 6) is 1.06. The molecule has 1 aromatic carbocycles. The van der Waals surface area contributed by atoms with Crippen LogP contribution in [0, 0.1) is 5.92 Å². The van der Waals surface area contributed by atoms with Crippen LogP contribution in [0.5, 0.6) is 0 Å². The summed E-state index contributed by atoms with van der Waals surface area (Å²) in [7, 11) is 1.72. The number of ether oxygens (including phenoxy) is 1. The molecule has 2 aromatic rings. The summed E-state index contributed by atoms with van der Waals surface area (Å²) in [5, 5.41) is 17.3. The van der Waals surface area contributed by atoms with Gasteiger partial charge in [0.2, 0.25) is 5.82 Å². The highest BCUT2D eigenvalue weighted by atomic mass is 16.5. The lowest BCUT2D eigenvalue weighted by molar-refractivity contribution is 0.164. The van der Waals surface area contributed by atoms with Crippen molar-refractivity contribution in [2.24, 2.45) is 5.92 Å². The molecule has 0 aliphatic carbocycles. The van der Waals surface area contributed by atoms with E-state index in [1.165, 1.54) is 0 Å². The number of benzene rings is 1. The maximum Gasteiger partial charge on any atom is 0.204 e. The average molecular weight is 247 g/mol. The van der Waals surface area contributed by atoms with Gasteiger partial charge in [-0.3, -0.25) is 0 Å². The Bertz CT molecular complexity index is 471. The van der Waals surface area contributed by atoms with E-state index in [1.807, 2.05) is 24.3 Å². The maximum absolute atomic E-state index is 5.10. The fourth-order valence-electron chi connectivity index (χ4n) is 1.69. The minimum absolute atomic E-state index is 0.462. The summed E-state index contributed by atoms with van der Waals surface area (Å²) in [6, 6.07) is 7.94. The molecule has 2 rings (SSSR count). The Balaban J connectivity index is 2.00. The molecular weight excluding hydrogens is 230 g/mol. The first-order valence-electron chi connectivity index (χ1n) is 5.86. The molecule has 2 N–H and O–H groups in total. The van der Waals surface area contributed by atoms with Crippen LogP contribution < -0.4 is 5.32 Å². The third-order valence-electron chi connectivity index (χ3n) is 2.57. The third kappa shape index (κ3) is 3.27. The molecule has 0 amide bonds. The number of H-pyrrole nitrogens is 1. The molecule has 0 fully saturated rings. The van der Waals surface area contributed by atoms with Crippen molar-refractivity contribution in [2.45, 2.75) is 6.92 Å². The van der Waals surface area contributed by atoms with Crippen LogP contribution in [0.2, 0.25) is 0 Å². The molecule has 18 heavy (non-hydrogen) atoms. The zero-order chi connectivity index (χ0) is 12.8. The van der Waals surface area contributed by atoms with Crippen molar-refractivity contribution in [3.63, 3.8) is 0 Å². The van der Waals surface area contributed by atoms with E-state index >= 15 is 0 Å². The smallest absolute Gasteiger partial charge is 0.204 e. The third-order valence-corrected chi connectivity index (χ3v) is 2.57. The van der Waals surface area contributed by atoms with Crippen LogP contribution in [0.1, 0.15) is 6.92 Å². The lowest BCUT2D eigenvalue weighted by Crippen LogP contribution is -2.15. The number of hydrogen-bond donors (Lipinski definition) is 2. The van der Waals surface area contributed by atoms with Crippen molar-refractivity contribution >= 4 is 5.69 Å². The number of hydrogen-bond acceptors (Lipinski definition) is 5. The molecule has 6 heteroatoms. The summed E-state index contributed by atoms with van der Waals surface area (Å²) in [4.78, 5) is 0. The molecule has 6 nitrogen and oxygen atoms in total. The molecule has 0 bridgehead atoms. The predicted octanol–water partition coefficient (Wildman–Crippen LogP) is 1.56. The number of aromatic amines is 1. The Morgan fingerprint density at radius 3 is 3.06 bits per heavy atom. The van der Waals surface area contributed by atoms with Gasteiger partial charge in [-0.2, -0.15) is 5.21 Å². The van der Waals surface area contributed by atoms with E-state index in [0.29, 0.717) is 11.7 Å². The van der Waals surface area contributed by atoms with E-state index in [1.54, 1.807) is 7.11 Å². The Morgan fingerprint density at radius 2 is 2.33 bits per heavy atom. The maximum atomic E-state index is 5.10. The summed E-state index contributed by atoms with van der Waals surface area (Å²) in [6.45, 7) is 3.75. The number of anilines is 1. The summed E-state index contributed by atoms with van der Waals surface area (Å²) in [5.41, 5.74) is 1.98. The van der Waals surface area contributed by atoms with Gasteiger partial charge in [0.25, 0.3) is 0 Å². The minimum Gasteiger partial charge on any atom is -0.385 e. The van der Waals surface area contributed by atoms with Crippen LogP contribution in [-0.2, 0) is 4.74 Å². The Hall–Kier alpha value is -1.95. The van der Waals surface area contributed by atoms with Gasteiger partial charge in [-0.25, -0.2) is 0 Å². The van der Waals surface area contributed by atoms with Crippen LogP contribution in [0.25, 0.3) is 11.4 Å². The Kier molecular flexibility index (Phi) is 4.25. The number of nitrogens with zero attached hydrogens (tertiary/aromatic N) is 3. The fraction of sp³-hybridized carbons (Fsp3) is 0.417. The van der Waals surface area contributed by atoms with Crippen LogP contribution in [0.15, 0.2) is 24.3 Å². The second-order valence-corrected chi connectivity index (χ2v) is 4.26. The SMILES string of the molecule is COCC(C)CNc1cccc(-c2nn[nH]n2)c1. The fourth-order valence-corrected chi connectivity index (χ4v) is 1.69. The van der Waals surface area contributed by atoms with Gasteiger partial charge in [-0.15, -0.1) is 10.2 Å². The number of tetrazole rings is 1. The Morgan fingerprint density at radius 1 is 1.44 bits per heavy atom. The van der Waals surface area contributed by atoms with Gasteiger partial charge in [0.05, 0.1) is 6.61 Å². The van der Waals surface area contributed by atoms with E-state index < -0.39 is 0 Å². The summed E-state index contributed by atoms with van der Waals surface area (Å²) < 4.78 is 5.10. The quantitative estimate of drug-likeness (QED) is 0.810. The predicted molar refractivity (Wildman–Crippen MR) is 69.1 cm³/mol. The number of nitrogens with one attached hydrogen (secondary N) is 2. The van der Waals surface area contributed by atoms with Crippen LogP contribution in [0.4, 0.5) is 5.69 Å². The van der Waals surface area contributed by atoms with Crippen LogP contribution in [0.3, 0.4) is 0 Å². The topological polar surface area (TPSA) is 75.7 Å². The second kappa shape index (κ2) is 6.11. The number of methoxy groups -OCH3 is 1. The highest BCUT2D eigenvalue weighted by Crippen LogP contribution is 2.18.